The number of nitrogens with one attached hydrogen (secondary N) is 2. The van der Waals surface area contributed by atoms with Crippen molar-refractivity contribution < 1.29 is 4.42 Å². The molecule has 0 bridgehead atoms. The second-order valence-corrected chi connectivity index (χ2v) is 8.37. The number of thiocarbonyl (C=S) groups is 1. The Morgan fingerprint density at radius 2 is 2.00 bits per heavy atom. The van der Waals surface area contributed by atoms with Crippen LogP contribution in [-0.2, 0) is 12.3 Å². The summed E-state index contributed by atoms with van der Waals surface area (Å²) in [7, 11) is 4.07. The maximum absolute atomic E-state index is 5.80. The second-order valence-electron chi connectivity index (χ2n) is 6.00. The molecule has 0 saturated heterocycles. The molecule has 1 aromatic carbocycles. The number of rotatable bonds is 8. The topological polar surface area (TPSA) is 40.4 Å². The molecule has 1 aromatic heterocycles. The summed E-state index contributed by atoms with van der Waals surface area (Å²) in [5, 5.41) is 7.09. The first kappa shape index (κ1) is 20.3. The van der Waals surface area contributed by atoms with Crippen LogP contribution >= 0.6 is 39.9 Å². The van der Waals surface area contributed by atoms with Gasteiger partial charge in [0.15, 0.2) is 5.11 Å². The average Bonchev–Trinajstić information content (AvgIpc) is 2.97. The zero-order valence-electron chi connectivity index (χ0n) is 14.8. The number of anilines is 1. The fraction of sp³-hybridized carbons (Fsp3) is 0.389. The van der Waals surface area contributed by atoms with Crippen molar-refractivity contribution in [3.8, 4) is 0 Å². The summed E-state index contributed by atoms with van der Waals surface area (Å²) in [6.07, 6.45) is 0. The summed E-state index contributed by atoms with van der Waals surface area (Å²) in [6, 6.07) is 10.2. The van der Waals surface area contributed by atoms with E-state index in [2.05, 4.69) is 50.5 Å². The number of benzene rings is 1. The number of hydrogen-bond donors (Lipinski definition) is 2. The summed E-state index contributed by atoms with van der Waals surface area (Å²) in [4.78, 5) is 2.10. The van der Waals surface area contributed by atoms with Crippen LogP contribution in [0.1, 0.15) is 17.1 Å². The predicted molar refractivity (Wildman–Crippen MR) is 115 cm³/mol. The first-order valence-corrected chi connectivity index (χ1v) is 10.4. The molecule has 0 fully saturated rings. The number of aryl methyl sites for hydroxylation is 1. The van der Waals surface area contributed by atoms with Crippen molar-refractivity contribution in [1.82, 2.24) is 10.2 Å². The molecule has 1 heterocycles. The lowest BCUT2D eigenvalue weighted by Gasteiger charge is -2.11. The largest absolute Gasteiger partial charge is 0.464 e. The SMILES string of the molecule is Cc1cc(NC(=S)NCCSCc2ccc(CN(C)C)o2)ccc1Br. The third kappa shape index (κ3) is 7.40. The minimum absolute atomic E-state index is 0.647. The van der Waals surface area contributed by atoms with Gasteiger partial charge in [-0.1, -0.05) is 15.9 Å². The molecule has 0 spiro atoms. The van der Waals surface area contributed by atoms with Crippen molar-refractivity contribution >= 4 is 50.7 Å². The van der Waals surface area contributed by atoms with E-state index in [1.54, 1.807) is 0 Å². The third-order valence-corrected chi connectivity index (χ3v) is 5.50. The minimum atomic E-state index is 0.647. The molecule has 7 heteroatoms. The second kappa shape index (κ2) is 10.2. The molecule has 25 heavy (non-hydrogen) atoms. The van der Waals surface area contributed by atoms with Crippen molar-refractivity contribution in [2.75, 3.05) is 31.7 Å². The van der Waals surface area contributed by atoms with Crippen LogP contribution in [0.3, 0.4) is 0 Å². The van der Waals surface area contributed by atoms with Crippen molar-refractivity contribution in [1.29, 1.82) is 0 Å². The van der Waals surface area contributed by atoms with E-state index in [0.29, 0.717) is 5.11 Å². The van der Waals surface area contributed by atoms with Crippen LogP contribution in [0.15, 0.2) is 39.2 Å². The molecule has 2 rings (SSSR count). The molecule has 0 saturated carbocycles. The smallest absolute Gasteiger partial charge is 0.170 e. The van der Waals surface area contributed by atoms with E-state index in [-0.39, 0.29) is 0 Å². The van der Waals surface area contributed by atoms with Gasteiger partial charge in [0.1, 0.15) is 11.5 Å². The fourth-order valence-electron chi connectivity index (χ4n) is 2.20. The summed E-state index contributed by atoms with van der Waals surface area (Å²) in [5.74, 6) is 3.87. The van der Waals surface area contributed by atoms with Crippen LogP contribution < -0.4 is 10.6 Å². The van der Waals surface area contributed by atoms with E-state index >= 15 is 0 Å². The van der Waals surface area contributed by atoms with Crippen LogP contribution in [-0.4, -0.2) is 36.4 Å². The Bertz CT molecular complexity index is 703. The van der Waals surface area contributed by atoms with Gasteiger partial charge in [0.2, 0.25) is 0 Å². The predicted octanol–water partition coefficient (Wildman–Crippen LogP) is 4.63. The molecule has 0 unspecified atom stereocenters. The normalized spacial score (nSPS) is 10.9. The summed E-state index contributed by atoms with van der Waals surface area (Å²) < 4.78 is 6.89. The lowest BCUT2D eigenvalue weighted by atomic mass is 10.2. The molecule has 0 aliphatic carbocycles. The number of nitrogens with zero attached hydrogens (tertiary/aromatic N) is 1. The molecular weight excluding hydrogens is 418 g/mol. The number of thioether (sulfide) groups is 1. The summed E-state index contributed by atoms with van der Waals surface area (Å²) in [5.41, 5.74) is 2.17. The molecule has 2 N–H and O–H groups in total. The lowest BCUT2D eigenvalue weighted by Crippen LogP contribution is -2.30. The minimum Gasteiger partial charge on any atom is -0.464 e. The number of furan rings is 1. The average molecular weight is 442 g/mol. The van der Waals surface area contributed by atoms with Gasteiger partial charge in [-0.3, -0.25) is 0 Å². The third-order valence-electron chi connectivity index (χ3n) is 3.38. The Hall–Kier alpha value is -1.02. The Morgan fingerprint density at radius 1 is 1.24 bits per heavy atom. The van der Waals surface area contributed by atoms with Crippen LogP contribution in [0.4, 0.5) is 5.69 Å². The van der Waals surface area contributed by atoms with E-state index < -0.39 is 0 Å². The van der Waals surface area contributed by atoms with E-state index in [1.807, 2.05) is 44.1 Å². The maximum atomic E-state index is 5.80. The zero-order valence-corrected chi connectivity index (χ0v) is 18.0. The molecule has 0 aliphatic rings. The molecular formula is C18H24BrN3OS2. The molecule has 4 nitrogen and oxygen atoms in total. The first-order chi connectivity index (χ1) is 11.9. The Morgan fingerprint density at radius 3 is 2.72 bits per heavy atom. The van der Waals surface area contributed by atoms with Gasteiger partial charge in [0.05, 0.1) is 12.3 Å². The molecule has 0 aliphatic heterocycles. The Balaban J connectivity index is 1.63. The Kier molecular flexibility index (Phi) is 8.29. The van der Waals surface area contributed by atoms with Gasteiger partial charge in [0, 0.05) is 22.5 Å². The van der Waals surface area contributed by atoms with E-state index in [9.17, 15) is 0 Å². The molecule has 0 radical (unpaired) electrons. The van der Waals surface area contributed by atoms with Gasteiger partial charge >= 0.3 is 0 Å². The van der Waals surface area contributed by atoms with Crippen LogP contribution in [0, 0.1) is 6.92 Å². The number of hydrogen-bond acceptors (Lipinski definition) is 4. The van der Waals surface area contributed by atoms with Crippen molar-refractivity contribution in [3.05, 3.63) is 51.9 Å². The van der Waals surface area contributed by atoms with E-state index in [1.165, 1.54) is 5.56 Å². The zero-order chi connectivity index (χ0) is 18.2. The first-order valence-electron chi connectivity index (χ1n) is 8.05. The molecule has 136 valence electrons. The number of halogens is 1. The standard InChI is InChI=1S/C18H24BrN3OS2/c1-13-10-14(4-7-17(13)19)21-18(24)20-8-9-25-12-16-6-5-15(23-16)11-22(2)3/h4-7,10H,8-9,11-12H2,1-3H3,(H2,20,21,24). The highest BCUT2D eigenvalue weighted by Crippen LogP contribution is 2.20. The van der Waals surface area contributed by atoms with Crippen molar-refractivity contribution in [2.24, 2.45) is 0 Å². The fourth-order valence-corrected chi connectivity index (χ4v) is 3.42. The highest BCUT2D eigenvalue weighted by atomic mass is 79.9. The van der Waals surface area contributed by atoms with Crippen molar-refractivity contribution in [3.63, 3.8) is 0 Å². The summed E-state index contributed by atoms with van der Waals surface area (Å²) >= 11 is 10.7. The van der Waals surface area contributed by atoms with Gasteiger partial charge < -0.3 is 20.0 Å². The summed E-state index contributed by atoms with van der Waals surface area (Å²) in [6.45, 7) is 3.71. The van der Waals surface area contributed by atoms with Crippen LogP contribution in [0.5, 0.6) is 0 Å². The van der Waals surface area contributed by atoms with Gasteiger partial charge in [-0.25, -0.2) is 0 Å². The lowest BCUT2D eigenvalue weighted by molar-refractivity contribution is 0.344. The van der Waals surface area contributed by atoms with Gasteiger partial charge in [-0.15, -0.1) is 0 Å². The monoisotopic (exact) mass is 441 g/mol. The van der Waals surface area contributed by atoms with Crippen LogP contribution in [0.25, 0.3) is 0 Å². The van der Waals surface area contributed by atoms with Crippen molar-refractivity contribution in [2.45, 2.75) is 19.2 Å². The van der Waals surface area contributed by atoms with Gasteiger partial charge in [-0.05, 0) is 69.1 Å². The van der Waals surface area contributed by atoms with E-state index in [4.69, 9.17) is 16.6 Å². The van der Waals surface area contributed by atoms with E-state index in [0.717, 1.165) is 46.3 Å². The maximum Gasteiger partial charge on any atom is 0.170 e. The molecule has 0 amide bonds. The highest BCUT2D eigenvalue weighted by Gasteiger charge is 2.04. The molecule has 0 atom stereocenters. The van der Waals surface area contributed by atoms with Gasteiger partial charge in [-0.2, -0.15) is 11.8 Å². The molecule has 2 aromatic rings. The highest BCUT2D eigenvalue weighted by molar-refractivity contribution is 9.10. The quantitative estimate of drug-likeness (QED) is 0.459. The van der Waals surface area contributed by atoms with Crippen LogP contribution in [0.2, 0.25) is 0 Å². The Labute approximate surface area is 167 Å². The van der Waals surface area contributed by atoms with Gasteiger partial charge in [0.25, 0.3) is 0 Å².